The molecule has 1 aromatic carbocycles. The molecule has 0 saturated carbocycles. The number of nitrogens with two attached hydrogens (primary N) is 1. The fourth-order valence-electron chi connectivity index (χ4n) is 2.72. The summed E-state index contributed by atoms with van der Waals surface area (Å²) in [4.78, 5) is 23.0. The average molecular weight is 342 g/mol. The summed E-state index contributed by atoms with van der Waals surface area (Å²) in [5.41, 5.74) is 9.49. The van der Waals surface area contributed by atoms with Gasteiger partial charge in [0, 0.05) is 13.1 Å². The molecule has 0 unspecified atom stereocenters. The first-order valence-electron chi connectivity index (χ1n) is 8.49. The predicted molar refractivity (Wildman–Crippen MR) is 98.7 cm³/mol. The van der Waals surface area contributed by atoms with Gasteiger partial charge in [-0.05, 0) is 51.8 Å². The van der Waals surface area contributed by atoms with E-state index in [1.165, 1.54) is 0 Å². The van der Waals surface area contributed by atoms with Crippen LogP contribution in [0.25, 0.3) is 0 Å². The number of amides is 1. The Labute approximate surface area is 149 Å². The van der Waals surface area contributed by atoms with Crippen molar-refractivity contribution in [3.8, 4) is 5.75 Å². The van der Waals surface area contributed by atoms with E-state index < -0.39 is 0 Å². The third-order valence-electron chi connectivity index (χ3n) is 4.15. The van der Waals surface area contributed by atoms with Crippen LogP contribution in [0.1, 0.15) is 46.7 Å². The number of hydrogen-bond acceptors (Lipinski definition) is 5. The summed E-state index contributed by atoms with van der Waals surface area (Å²) in [6, 6.07) is 6.01. The lowest BCUT2D eigenvalue weighted by Crippen LogP contribution is -2.32. The van der Waals surface area contributed by atoms with Crippen molar-refractivity contribution in [1.82, 2.24) is 14.9 Å². The molecule has 0 aliphatic rings. The van der Waals surface area contributed by atoms with Crippen LogP contribution < -0.4 is 10.5 Å². The molecule has 0 atom stereocenters. The van der Waals surface area contributed by atoms with E-state index in [9.17, 15) is 4.79 Å². The second-order valence-electron chi connectivity index (χ2n) is 6.02. The highest BCUT2D eigenvalue weighted by molar-refractivity contribution is 5.96. The largest absolute Gasteiger partial charge is 0.487 e. The van der Waals surface area contributed by atoms with E-state index in [-0.39, 0.29) is 18.5 Å². The number of nitrogen functional groups attached to an aromatic ring is 1. The van der Waals surface area contributed by atoms with Gasteiger partial charge in [0.25, 0.3) is 5.91 Å². The molecule has 1 amide bonds. The van der Waals surface area contributed by atoms with Crippen molar-refractivity contribution < 1.29 is 9.53 Å². The zero-order valence-electron chi connectivity index (χ0n) is 15.6. The van der Waals surface area contributed by atoms with Crippen molar-refractivity contribution in [3.05, 3.63) is 46.3 Å². The smallest absolute Gasteiger partial charge is 0.257 e. The molecular weight excluding hydrogens is 316 g/mol. The first kappa shape index (κ1) is 18.7. The number of aromatic nitrogens is 2. The standard InChI is InChI=1S/C19H26N4O2/c1-6-23(7-2)18(24)17-14(5)21-19(20)22-15(17)11-25-16-10-12(3)8-9-13(16)4/h8-10H,6-7,11H2,1-5H3,(H2,20,21,22). The lowest BCUT2D eigenvalue weighted by atomic mass is 10.1. The number of aryl methyl sites for hydroxylation is 3. The molecule has 2 aromatic rings. The molecule has 134 valence electrons. The maximum Gasteiger partial charge on any atom is 0.257 e. The van der Waals surface area contributed by atoms with Crippen molar-refractivity contribution in [3.63, 3.8) is 0 Å². The number of anilines is 1. The Morgan fingerprint density at radius 2 is 1.84 bits per heavy atom. The number of benzene rings is 1. The van der Waals surface area contributed by atoms with Crippen LogP contribution >= 0.6 is 0 Å². The van der Waals surface area contributed by atoms with Crippen molar-refractivity contribution in [2.75, 3.05) is 18.8 Å². The maximum atomic E-state index is 12.8. The number of carbonyl (C=O) groups excluding carboxylic acids is 1. The zero-order chi connectivity index (χ0) is 18.6. The third kappa shape index (κ3) is 4.26. The first-order valence-corrected chi connectivity index (χ1v) is 8.49. The highest BCUT2D eigenvalue weighted by Crippen LogP contribution is 2.22. The van der Waals surface area contributed by atoms with Gasteiger partial charge in [-0.2, -0.15) is 0 Å². The van der Waals surface area contributed by atoms with Gasteiger partial charge < -0.3 is 15.4 Å². The second-order valence-corrected chi connectivity index (χ2v) is 6.02. The second kappa shape index (κ2) is 7.96. The van der Waals surface area contributed by atoms with Crippen LogP contribution in [0.5, 0.6) is 5.75 Å². The minimum Gasteiger partial charge on any atom is -0.487 e. The summed E-state index contributed by atoms with van der Waals surface area (Å²) in [6.07, 6.45) is 0. The Balaban J connectivity index is 2.36. The van der Waals surface area contributed by atoms with Crippen LogP contribution in [-0.2, 0) is 6.61 Å². The fraction of sp³-hybridized carbons (Fsp3) is 0.421. The minimum atomic E-state index is -0.0953. The van der Waals surface area contributed by atoms with E-state index >= 15 is 0 Å². The molecule has 25 heavy (non-hydrogen) atoms. The average Bonchev–Trinajstić information content (AvgIpc) is 2.56. The SMILES string of the molecule is CCN(CC)C(=O)c1c(C)nc(N)nc1COc1cc(C)ccc1C. The molecule has 0 fully saturated rings. The lowest BCUT2D eigenvalue weighted by molar-refractivity contribution is 0.0768. The fourth-order valence-corrected chi connectivity index (χ4v) is 2.72. The van der Waals surface area contributed by atoms with Gasteiger partial charge in [0.1, 0.15) is 12.4 Å². The maximum absolute atomic E-state index is 12.8. The predicted octanol–water partition coefficient (Wildman–Crippen LogP) is 3.05. The summed E-state index contributed by atoms with van der Waals surface area (Å²) in [6.45, 7) is 11.1. The monoisotopic (exact) mass is 342 g/mol. The molecule has 0 spiro atoms. The summed E-state index contributed by atoms with van der Waals surface area (Å²) in [5, 5.41) is 0. The Bertz CT molecular complexity index is 770. The minimum absolute atomic E-state index is 0.0953. The molecule has 2 N–H and O–H groups in total. The van der Waals surface area contributed by atoms with Gasteiger partial charge in [0.15, 0.2) is 0 Å². The van der Waals surface area contributed by atoms with Crippen LogP contribution in [-0.4, -0.2) is 33.9 Å². The normalized spacial score (nSPS) is 10.6. The first-order chi connectivity index (χ1) is 11.9. The summed E-state index contributed by atoms with van der Waals surface area (Å²) in [5.74, 6) is 0.825. The van der Waals surface area contributed by atoms with Crippen LogP contribution in [0.3, 0.4) is 0 Å². The summed E-state index contributed by atoms with van der Waals surface area (Å²) >= 11 is 0. The molecule has 1 aromatic heterocycles. The topological polar surface area (TPSA) is 81.3 Å². The van der Waals surface area contributed by atoms with E-state index in [0.717, 1.165) is 16.9 Å². The molecule has 2 rings (SSSR count). The summed E-state index contributed by atoms with van der Waals surface area (Å²) < 4.78 is 5.93. The third-order valence-corrected chi connectivity index (χ3v) is 4.15. The molecule has 0 saturated heterocycles. The van der Waals surface area contributed by atoms with Gasteiger partial charge in [-0.3, -0.25) is 4.79 Å². The van der Waals surface area contributed by atoms with Crippen molar-refractivity contribution in [1.29, 1.82) is 0 Å². The zero-order valence-corrected chi connectivity index (χ0v) is 15.6. The van der Waals surface area contributed by atoms with Gasteiger partial charge >= 0.3 is 0 Å². The lowest BCUT2D eigenvalue weighted by Gasteiger charge is -2.21. The van der Waals surface area contributed by atoms with Crippen LogP contribution in [0.4, 0.5) is 5.95 Å². The van der Waals surface area contributed by atoms with Crippen LogP contribution in [0.15, 0.2) is 18.2 Å². The van der Waals surface area contributed by atoms with Gasteiger partial charge in [-0.25, -0.2) is 9.97 Å². The number of rotatable bonds is 6. The van der Waals surface area contributed by atoms with Crippen molar-refractivity contribution >= 4 is 11.9 Å². The molecular formula is C19H26N4O2. The Morgan fingerprint density at radius 1 is 1.16 bits per heavy atom. The Hall–Kier alpha value is -2.63. The Kier molecular flexibility index (Phi) is 5.96. The molecule has 0 aliphatic heterocycles. The van der Waals surface area contributed by atoms with E-state index in [1.54, 1.807) is 11.8 Å². The quantitative estimate of drug-likeness (QED) is 0.872. The van der Waals surface area contributed by atoms with Crippen LogP contribution in [0, 0.1) is 20.8 Å². The van der Waals surface area contributed by atoms with E-state index in [2.05, 4.69) is 9.97 Å². The van der Waals surface area contributed by atoms with Crippen molar-refractivity contribution in [2.24, 2.45) is 0 Å². The van der Waals surface area contributed by atoms with Gasteiger partial charge in [-0.1, -0.05) is 12.1 Å². The highest BCUT2D eigenvalue weighted by atomic mass is 16.5. The van der Waals surface area contributed by atoms with Gasteiger partial charge in [0.2, 0.25) is 5.95 Å². The number of nitrogens with zero attached hydrogens (tertiary/aromatic N) is 3. The molecule has 6 heteroatoms. The molecule has 0 radical (unpaired) electrons. The van der Waals surface area contributed by atoms with Gasteiger partial charge in [-0.15, -0.1) is 0 Å². The van der Waals surface area contributed by atoms with E-state index in [0.29, 0.717) is 30.0 Å². The van der Waals surface area contributed by atoms with Crippen molar-refractivity contribution in [2.45, 2.75) is 41.2 Å². The highest BCUT2D eigenvalue weighted by Gasteiger charge is 2.22. The molecule has 0 aliphatic carbocycles. The van der Waals surface area contributed by atoms with E-state index in [4.69, 9.17) is 10.5 Å². The summed E-state index contributed by atoms with van der Waals surface area (Å²) in [7, 11) is 0. The van der Waals surface area contributed by atoms with Crippen LogP contribution in [0.2, 0.25) is 0 Å². The number of carbonyl (C=O) groups is 1. The number of ether oxygens (including phenoxy) is 1. The number of hydrogen-bond donors (Lipinski definition) is 1. The molecule has 6 nitrogen and oxygen atoms in total. The molecule has 0 bridgehead atoms. The Morgan fingerprint density at radius 3 is 2.48 bits per heavy atom. The van der Waals surface area contributed by atoms with Gasteiger partial charge in [0.05, 0.1) is 17.0 Å². The molecule has 1 heterocycles. The van der Waals surface area contributed by atoms with E-state index in [1.807, 2.05) is 45.9 Å².